The fourth-order valence-electron chi connectivity index (χ4n) is 8.74. The zero-order valence-corrected chi connectivity index (χ0v) is 35.6. The summed E-state index contributed by atoms with van der Waals surface area (Å²) in [7, 11) is 1.91. The highest BCUT2D eigenvalue weighted by Crippen LogP contribution is 2.46. The van der Waals surface area contributed by atoms with Crippen LogP contribution < -0.4 is 14.8 Å². The topological polar surface area (TPSA) is 118 Å². The molecular weight excluding hydrogens is 828 g/mol. The second-order valence-corrected chi connectivity index (χ2v) is 16.8. The molecule has 1 fully saturated rings. The molecule has 1 aliphatic heterocycles. The summed E-state index contributed by atoms with van der Waals surface area (Å²) in [6, 6.07) is 29.8. The number of carbonyl (C=O) groups excluding carboxylic acids is 2. The summed E-state index contributed by atoms with van der Waals surface area (Å²) in [6.45, 7) is 2.01. The normalized spacial score (nSPS) is 17.7. The van der Waals surface area contributed by atoms with E-state index in [1.807, 2.05) is 46.8 Å². The number of nitrogens with one attached hydrogen (secondary N) is 1. The number of aromatic hydroxyl groups is 1. The Kier molecular flexibility index (Phi) is 13.5. The van der Waals surface area contributed by atoms with Crippen LogP contribution in [0.1, 0.15) is 70.8 Å². The van der Waals surface area contributed by atoms with Crippen LogP contribution in [-0.2, 0) is 17.8 Å². The maximum absolute atomic E-state index is 13.4. The summed E-state index contributed by atoms with van der Waals surface area (Å²) in [6.07, 6.45) is 8.48. The zero-order chi connectivity index (χ0) is 43.9. The van der Waals surface area contributed by atoms with Gasteiger partial charge in [0.05, 0.1) is 28.0 Å². The van der Waals surface area contributed by atoms with Crippen molar-refractivity contribution >= 4 is 40.4 Å². The summed E-state index contributed by atoms with van der Waals surface area (Å²) >= 11 is 1.45. The number of halogens is 3. The van der Waals surface area contributed by atoms with Crippen molar-refractivity contribution in [1.82, 2.24) is 24.8 Å². The van der Waals surface area contributed by atoms with E-state index in [-0.39, 0.29) is 23.5 Å². The molecule has 0 spiro atoms. The molecule has 2 unspecified atom stereocenters. The number of phenols is 1. The number of hydrogen-bond donors (Lipinski definition) is 2. The van der Waals surface area contributed by atoms with Gasteiger partial charge in [0.25, 0.3) is 0 Å². The predicted molar refractivity (Wildman–Crippen MR) is 237 cm³/mol. The van der Waals surface area contributed by atoms with Gasteiger partial charge in [-0.2, -0.15) is 5.10 Å². The summed E-state index contributed by atoms with van der Waals surface area (Å²) in [5.74, 6) is 1.79. The van der Waals surface area contributed by atoms with Crippen LogP contribution in [0, 0.1) is 5.92 Å². The molecule has 10 nitrogen and oxygen atoms in total. The third-order valence-corrected chi connectivity index (χ3v) is 12.6. The number of ether oxygens (including phenoxy) is 2. The number of fused-ring (bicyclic) bond motifs is 4. The van der Waals surface area contributed by atoms with Crippen molar-refractivity contribution in [2.45, 2.75) is 68.6 Å². The number of likely N-dealkylation sites (tertiary alicyclic amines) is 1. The summed E-state index contributed by atoms with van der Waals surface area (Å²) < 4.78 is 47.1. The average molecular weight is 876 g/mol. The lowest BCUT2D eigenvalue weighted by Crippen LogP contribution is -2.42. The van der Waals surface area contributed by atoms with Gasteiger partial charge in [0.1, 0.15) is 23.4 Å². The second kappa shape index (κ2) is 19.5. The fourth-order valence-corrected chi connectivity index (χ4v) is 9.59. The first-order chi connectivity index (χ1) is 30.6. The van der Waals surface area contributed by atoms with Crippen molar-refractivity contribution in [3.8, 4) is 17.2 Å². The Labute approximate surface area is 367 Å². The number of amides is 1. The lowest BCUT2D eigenvalue weighted by atomic mass is 9.68. The fraction of sp³-hybridized carbons (Fsp3) is 0.306. The molecule has 1 amide bonds. The van der Waals surface area contributed by atoms with Gasteiger partial charge >= 0.3 is 6.36 Å². The number of piperidine rings is 1. The second-order valence-electron chi connectivity index (χ2n) is 15.8. The van der Waals surface area contributed by atoms with E-state index < -0.39 is 12.1 Å². The molecule has 3 aliphatic rings. The number of rotatable bonds is 11. The Hall–Kier alpha value is -6.12. The van der Waals surface area contributed by atoms with Gasteiger partial charge < -0.3 is 24.8 Å². The number of para-hydroxylation sites is 2. The Morgan fingerprint density at radius 1 is 0.968 bits per heavy atom. The summed E-state index contributed by atoms with van der Waals surface area (Å²) in [5, 5.41) is 19.9. The standard InChI is InChI=1S/C41H43N5O3S.C8H5F3O2/c1-42-25-30-24-38-36-9-5-6-10-37(36)43-41(46(38)44-30)50-26-39(48)45-21-19-33(20-22-45)49-32-15-11-28(12-16-32)40-34(27-7-3-2-4-8-27)17-13-29-23-31(47)14-18-35(29)40;9-8(10,11)13-7-4-2-1-3-6(7)5-12/h3,5-12,14-16,18,23-24,33-34,40,42,47H,2,4,13,17,19-22,25-26H2,1H3;1-5H. The van der Waals surface area contributed by atoms with Gasteiger partial charge in [0.2, 0.25) is 5.91 Å². The van der Waals surface area contributed by atoms with E-state index in [1.54, 1.807) is 0 Å². The third kappa shape index (κ3) is 10.4. The number of allylic oxidation sites excluding steroid dienone is 4. The van der Waals surface area contributed by atoms with Crippen LogP contribution >= 0.6 is 11.8 Å². The average Bonchev–Trinajstić information content (AvgIpc) is 3.73. The van der Waals surface area contributed by atoms with Crippen LogP contribution in [0.5, 0.6) is 17.2 Å². The van der Waals surface area contributed by atoms with Crippen LogP contribution in [0.2, 0.25) is 0 Å². The minimum atomic E-state index is -4.76. The highest BCUT2D eigenvalue weighted by molar-refractivity contribution is 7.99. The highest BCUT2D eigenvalue weighted by atomic mass is 32.2. The number of thioether (sulfide) groups is 1. The number of nitrogens with zero attached hydrogens (tertiary/aromatic N) is 4. The molecule has 6 aromatic rings. The van der Waals surface area contributed by atoms with Crippen LogP contribution in [-0.4, -0.2) is 75.2 Å². The summed E-state index contributed by atoms with van der Waals surface area (Å²) in [5.41, 5.74) is 7.98. The Bertz CT molecular complexity index is 2640. The Morgan fingerprint density at radius 2 is 1.75 bits per heavy atom. The van der Waals surface area contributed by atoms with E-state index in [9.17, 15) is 27.9 Å². The smallest absolute Gasteiger partial charge is 0.508 e. The number of benzene rings is 4. The van der Waals surface area contributed by atoms with Crippen molar-refractivity contribution < 1.29 is 37.3 Å². The van der Waals surface area contributed by atoms with Crippen LogP contribution in [0.4, 0.5) is 13.2 Å². The maximum Gasteiger partial charge on any atom is 0.573 e. The molecule has 0 bridgehead atoms. The van der Waals surface area contributed by atoms with E-state index in [1.165, 1.54) is 52.2 Å². The molecule has 326 valence electrons. The van der Waals surface area contributed by atoms with Gasteiger partial charge in [0.15, 0.2) is 11.4 Å². The Morgan fingerprint density at radius 3 is 2.49 bits per heavy atom. The number of carbonyl (C=O) groups is 2. The molecule has 2 aromatic heterocycles. The van der Waals surface area contributed by atoms with Gasteiger partial charge in [0, 0.05) is 43.8 Å². The van der Waals surface area contributed by atoms with Crippen molar-refractivity contribution in [2.75, 3.05) is 25.9 Å². The van der Waals surface area contributed by atoms with Gasteiger partial charge in [-0.15, -0.1) is 13.2 Å². The van der Waals surface area contributed by atoms with Crippen molar-refractivity contribution in [2.24, 2.45) is 5.92 Å². The van der Waals surface area contributed by atoms with Crippen LogP contribution in [0.25, 0.3) is 16.4 Å². The lowest BCUT2D eigenvalue weighted by Gasteiger charge is -2.36. The maximum atomic E-state index is 13.4. The van der Waals surface area contributed by atoms with Crippen molar-refractivity contribution in [3.63, 3.8) is 0 Å². The molecule has 2 N–H and O–H groups in total. The number of alkyl halides is 3. The molecule has 9 rings (SSSR count). The van der Waals surface area contributed by atoms with Gasteiger partial charge in [-0.1, -0.05) is 78.5 Å². The third-order valence-electron chi connectivity index (χ3n) is 11.7. The quantitative estimate of drug-likeness (QED) is 0.0746. The van der Waals surface area contributed by atoms with Crippen molar-refractivity contribution in [3.05, 3.63) is 149 Å². The summed E-state index contributed by atoms with van der Waals surface area (Å²) in [4.78, 5) is 30.4. The van der Waals surface area contributed by atoms with Gasteiger partial charge in [-0.05, 0) is 109 Å². The predicted octanol–water partition coefficient (Wildman–Crippen LogP) is 9.84. The van der Waals surface area contributed by atoms with E-state index in [0.717, 1.165) is 77.6 Å². The zero-order valence-electron chi connectivity index (χ0n) is 34.8. The molecule has 0 radical (unpaired) electrons. The first-order valence-corrected chi connectivity index (χ1v) is 22.1. The molecule has 1 saturated heterocycles. The highest BCUT2D eigenvalue weighted by Gasteiger charge is 2.34. The first-order valence-electron chi connectivity index (χ1n) is 21.1. The van der Waals surface area contributed by atoms with E-state index in [2.05, 4.69) is 70.7 Å². The minimum absolute atomic E-state index is 0.0673. The number of phenolic OH excluding ortho intramolecular Hbond substituents is 1. The van der Waals surface area contributed by atoms with E-state index in [4.69, 9.17) is 14.8 Å². The molecule has 2 aliphatic carbocycles. The number of aromatic nitrogens is 3. The van der Waals surface area contributed by atoms with E-state index >= 15 is 0 Å². The molecule has 2 atom stereocenters. The van der Waals surface area contributed by atoms with E-state index in [0.29, 0.717) is 43.3 Å². The molecule has 0 saturated carbocycles. The number of aldehydes is 1. The number of hydrogen-bond acceptors (Lipinski definition) is 9. The SMILES string of the molecule is CNCc1cc2c3ccccc3nc(SCC(=O)N3CCC(Oc4ccc(C5c6ccc(O)cc6CCC5C5=CCCC=C5)cc4)CC3)n2n1.O=Cc1ccccc1OC(F)(F)F. The van der Waals surface area contributed by atoms with Crippen molar-refractivity contribution in [1.29, 1.82) is 0 Å². The molecule has 14 heteroatoms. The monoisotopic (exact) mass is 875 g/mol. The van der Waals surface area contributed by atoms with Gasteiger partial charge in [-0.25, -0.2) is 9.50 Å². The lowest BCUT2D eigenvalue weighted by molar-refractivity contribution is -0.274. The number of aryl methyl sites for hydroxylation is 1. The minimum Gasteiger partial charge on any atom is -0.508 e. The molecular formula is C49H48F3N5O5S. The molecule has 3 heterocycles. The first kappa shape index (κ1) is 43.5. The Balaban J connectivity index is 0.000000361. The van der Waals surface area contributed by atoms with Crippen LogP contribution in [0.15, 0.2) is 126 Å². The molecule has 4 aromatic carbocycles. The van der Waals surface area contributed by atoms with Gasteiger partial charge in [-0.3, -0.25) is 9.59 Å². The largest absolute Gasteiger partial charge is 0.573 e. The van der Waals surface area contributed by atoms with Crippen LogP contribution in [0.3, 0.4) is 0 Å². The molecule has 63 heavy (non-hydrogen) atoms.